The SMILES string of the molecule is COc1ccc(-n2cnnc2SCC(=O)Nc2ccc(C)cc2OCC2CCCO2)cc1. The maximum Gasteiger partial charge on any atom is 0.234 e. The molecule has 0 spiro atoms. The Hall–Kier alpha value is -3.04. The number of hydrogen-bond acceptors (Lipinski definition) is 7. The number of aromatic nitrogens is 3. The van der Waals surface area contributed by atoms with Gasteiger partial charge in [-0.2, -0.15) is 0 Å². The van der Waals surface area contributed by atoms with Crippen molar-refractivity contribution < 1.29 is 19.0 Å². The number of thioether (sulfide) groups is 1. The van der Waals surface area contributed by atoms with Gasteiger partial charge in [0.1, 0.15) is 24.4 Å². The Kier molecular flexibility index (Phi) is 7.28. The molecule has 2 aromatic carbocycles. The number of carbonyl (C=O) groups is 1. The topological polar surface area (TPSA) is 87.5 Å². The lowest BCUT2D eigenvalue weighted by Gasteiger charge is -2.16. The number of nitrogens with one attached hydrogen (secondary N) is 1. The van der Waals surface area contributed by atoms with Crippen LogP contribution < -0.4 is 14.8 Å². The Bertz CT molecular complexity index is 1050. The van der Waals surface area contributed by atoms with E-state index in [1.807, 2.05) is 54.0 Å². The molecule has 0 bridgehead atoms. The van der Waals surface area contributed by atoms with Crippen molar-refractivity contribution in [3.8, 4) is 17.2 Å². The molecule has 1 aliphatic rings. The summed E-state index contributed by atoms with van der Waals surface area (Å²) in [5, 5.41) is 11.7. The van der Waals surface area contributed by atoms with Crippen molar-refractivity contribution in [3.05, 3.63) is 54.4 Å². The number of carbonyl (C=O) groups excluding carboxylic acids is 1. The fourth-order valence-electron chi connectivity index (χ4n) is 3.37. The zero-order valence-electron chi connectivity index (χ0n) is 18.1. The van der Waals surface area contributed by atoms with Crippen molar-refractivity contribution in [2.45, 2.75) is 31.0 Å². The summed E-state index contributed by atoms with van der Waals surface area (Å²) in [5.74, 6) is 1.46. The highest BCUT2D eigenvalue weighted by atomic mass is 32.2. The smallest absolute Gasteiger partial charge is 0.234 e. The third-order valence-electron chi connectivity index (χ3n) is 5.06. The van der Waals surface area contributed by atoms with Gasteiger partial charge in [0.2, 0.25) is 5.91 Å². The summed E-state index contributed by atoms with van der Waals surface area (Å²) in [6, 6.07) is 13.3. The first-order valence-corrected chi connectivity index (χ1v) is 11.4. The van der Waals surface area contributed by atoms with Crippen LogP contribution in [0.2, 0.25) is 0 Å². The number of ether oxygens (including phenoxy) is 3. The molecule has 9 heteroatoms. The third kappa shape index (κ3) is 5.60. The van der Waals surface area contributed by atoms with E-state index >= 15 is 0 Å². The summed E-state index contributed by atoms with van der Waals surface area (Å²) >= 11 is 1.31. The highest BCUT2D eigenvalue weighted by Gasteiger charge is 2.18. The average molecular weight is 455 g/mol. The molecule has 1 N–H and O–H groups in total. The lowest BCUT2D eigenvalue weighted by Crippen LogP contribution is -2.19. The molecule has 4 rings (SSSR count). The summed E-state index contributed by atoms with van der Waals surface area (Å²) in [4.78, 5) is 12.7. The van der Waals surface area contributed by atoms with E-state index in [-0.39, 0.29) is 17.8 Å². The number of aryl methyl sites for hydroxylation is 1. The van der Waals surface area contributed by atoms with Crippen molar-refractivity contribution in [1.29, 1.82) is 0 Å². The van der Waals surface area contributed by atoms with Gasteiger partial charge in [-0.05, 0) is 61.7 Å². The number of methoxy groups -OCH3 is 1. The van der Waals surface area contributed by atoms with Crippen LogP contribution in [0.4, 0.5) is 5.69 Å². The van der Waals surface area contributed by atoms with Crippen LogP contribution in [-0.2, 0) is 9.53 Å². The monoisotopic (exact) mass is 454 g/mol. The minimum absolute atomic E-state index is 0.110. The quantitative estimate of drug-likeness (QED) is 0.491. The minimum atomic E-state index is -0.148. The lowest BCUT2D eigenvalue weighted by molar-refractivity contribution is -0.113. The van der Waals surface area contributed by atoms with E-state index in [9.17, 15) is 4.79 Å². The van der Waals surface area contributed by atoms with Crippen molar-refractivity contribution in [3.63, 3.8) is 0 Å². The standard InChI is InChI=1S/C23H26N4O4S/c1-16-5-10-20(21(12-16)31-13-19-4-3-11-30-19)25-22(28)14-32-23-26-24-15-27(23)17-6-8-18(29-2)9-7-17/h5-10,12,15,19H,3-4,11,13-14H2,1-2H3,(H,25,28). The zero-order valence-corrected chi connectivity index (χ0v) is 18.9. The van der Waals surface area contributed by atoms with Crippen LogP contribution in [0.1, 0.15) is 18.4 Å². The average Bonchev–Trinajstić information content (AvgIpc) is 3.50. The molecule has 2 heterocycles. The molecule has 1 fully saturated rings. The first-order valence-electron chi connectivity index (χ1n) is 10.4. The van der Waals surface area contributed by atoms with Gasteiger partial charge in [0.05, 0.1) is 24.7 Å². The van der Waals surface area contributed by atoms with Crippen LogP contribution in [0.3, 0.4) is 0 Å². The van der Waals surface area contributed by atoms with E-state index in [0.29, 0.717) is 23.2 Å². The van der Waals surface area contributed by atoms with Crippen LogP contribution in [0.5, 0.6) is 11.5 Å². The van der Waals surface area contributed by atoms with E-state index in [0.717, 1.165) is 36.4 Å². The lowest BCUT2D eigenvalue weighted by atomic mass is 10.2. The molecule has 1 aliphatic heterocycles. The van der Waals surface area contributed by atoms with Gasteiger partial charge < -0.3 is 19.5 Å². The number of nitrogens with zero attached hydrogens (tertiary/aromatic N) is 3. The molecule has 32 heavy (non-hydrogen) atoms. The highest BCUT2D eigenvalue weighted by Crippen LogP contribution is 2.28. The summed E-state index contributed by atoms with van der Waals surface area (Å²) in [7, 11) is 1.63. The highest BCUT2D eigenvalue weighted by molar-refractivity contribution is 7.99. The molecule has 0 aliphatic carbocycles. The van der Waals surface area contributed by atoms with Crippen molar-refractivity contribution in [1.82, 2.24) is 14.8 Å². The molecule has 1 aromatic heterocycles. The molecule has 1 unspecified atom stereocenters. The molecule has 0 saturated carbocycles. The van der Waals surface area contributed by atoms with E-state index in [2.05, 4.69) is 15.5 Å². The number of benzene rings is 2. The second-order valence-corrected chi connectivity index (χ2v) is 8.41. The Labute approximate surface area is 191 Å². The number of rotatable bonds is 9. The predicted octanol–water partition coefficient (Wildman–Crippen LogP) is 3.87. The van der Waals surface area contributed by atoms with Gasteiger partial charge >= 0.3 is 0 Å². The molecule has 1 atom stereocenters. The fourth-order valence-corrected chi connectivity index (χ4v) is 4.10. The molecule has 3 aromatic rings. The molecule has 1 amide bonds. The second-order valence-electron chi connectivity index (χ2n) is 7.46. The van der Waals surface area contributed by atoms with Crippen molar-refractivity contribution in [2.75, 3.05) is 31.4 Å². The second kappa shape index (κ2) is 10.5. The van der Waals surface area contributed by atoms with Gasteiger partial charge in [0.25, 0.3) is 0 Å². The summed E-state index contributed by atoms with van der Waals surface area (Å²) in [5.41, 5.74) is 2.60. The molecule has 0 radical (unpaired) electrons. The summed E-state index contributed by atoms with van der Waals surface area (Å²) in [6.07, 6.45) is 3.79. The maximum absolute atomic E-state index is 12.7. The number of amides is 1. The normalized spacial score (nSPS) is 15.5. The number of anilines is 1. The third-order valence-corrected chi connectivity index (χ3v) is 6.00. The Balaban J connectivity index is 1.37. The van der Waals surface area contributed by atoms with E-state index < -0.39 is 0 Å². The molecular formula is C23H26N4O4S. The summed E-state index contributed by atoms with van der Waals surface area (Å²) in [6.45, 7) is 3.25. The first-order chi connectivity index (χ1) is 15.6. The van der Waals surface area contributed by atoms with Crippen LogP contribution in [0.25, 0.3) is 5.69 Å². The maximum atomic E-state index is 12.7. The van der Waals surface area contributed by atoms with Crippen LogP contribution in [-0.4, -0.2) is 52.9 Å². The van der Waals surface area contributed by atoms with E-state index in [1.54, 1.807) is 13.4 Å². The Morgan fingerprint density at radius 1 is 1.28 bits per heavy atom. The Morgan fingerprint density at radius 3 is 2.88 bits per heavy atom. The van der Waals surface area contributed by atoms with Gasteiger partial charge in [-0.1, -0.05) is 17.8 Å². The van der Waals surface area contributed by atoms with Gasteiger partial charge in [0.15, 0.2) is 5.16 Å². The molecule has 8 nitrogen and oxygen atoms in total. The molecular weight excluding hydrogens is 428 g/mol. The van der Waals surface area contributed by atoms with Gasteiger partial charge in [-0.3, -0.25) is 9.36 Å². The van der Waals surface area contributed by atoms with Crippen molar-refractivity contribution in [2.24, 2.45) is 0 Å². The van der Waals surface area contributed by atoms with Crippen LogP contribution >= 0.6 is 11.8 Å². The zero-order chi connectivity index (χ0) is 22.3. The molecule has 1 saturated heterocycles. The predicted molar refractivity (Wildman–Crippen MR) is 123 cm³/mol. The summed E-state index contributed by atoms with van der Waals surface area (Å²) < 4.78 is 18.6. The van der Waals surface area contributed by atoms with Crippen LogP contribution in [0, 0.1) is 6.92 Å². The van der Waals surface area contributed by atoms with E-state index in [4.69, 9.17) is 14.2 Å². The van der Waals surface area contributed by atoms with E-state index in [1.165, 1.54) is 11.8 Å². The van der Waals surface area contributed by atoms with Gasteiger partial charge in [-0.25, -0.2) is 0 Å². The fraction of sp³-hybridized carbons (Fsp3) is 0.348. The minimum Gasteiger partial charge on any atom is -0.497 e. The van der Waals surface area contributed by atoms with Gasteiger partial charge in [-0.15, -0.1) is 10.2 Å². The molecule has 168 valence electrons. The first kappa shape index (κ1) is 22.2. The number of hydrogen-bond donors (Lipinski definition) is 1. The van der Waals surface area contributed by atoms with Crippen LogP contribution in [0.15, 0.2) is 53.9 Å². The van der Waals surface area contributed by atoms with Gasteiger partial charge in [0, 0.05) is 12.3 Å². The largest absolute Gasteiger partial charge is 0.497 e. The van der Waals surface area contributed by atoms with Crippen molar-refractivity contribution >= 4 is 23.4 Å². The Morgan fingerprint density at radius 2 is 2.12 bits per heavy atom.